The molecule has 0 aliphatic carbocycles. The van der Waals surface area contributed by atoms with Crippen molar-refractivity contribution in [2.75, 3.05) is 5.32 Å². The SMILES string of the molecule is N#Cc1c(F)cccc1NC(=O)c1ccc(Cl)c(Br)c1. The van der Waals surface area contributed by atoms with Crippen molar-refractivity contribution in [3.63, 3.8) is 0 Å². The van der Waals surface area contributed by atoms with Crippen LogP contribution >= 0.6 is 27.5 Å². The van der Waals surface area contributed by atoms with Crippen LogP contribution in [0.4, 0.5) is 10.1 Å². The second-order valence-electron chi connectivity index (χ2n) is 3.86. The van der Waals surface area contributed by atoms with Crippen LogP contribution in [0.1, 0.15) is 15.9 Å². The number of carbonyl (C=O) groups is 1. The Balaban J connectivity index is 2.31. The van der Waals surface area contributed by atoms with Crippen LogP contribution in [-0.4, -0.2) is 5.91 Å². The first-order valence-corrected chi connectivity index (χ1v) is 6.65. The van der Waals surface area contributed by atoms with Crippen LogP contribution in [0.25, 0.3) is 0 Å². The highest BCUT2D eigenvalue weighted by atomic mass is 79.9. The predicted octanol–water partition coefficient (Wildman–Crippen LogP) is 4.37. The van der Waals surface area contributed by atoms with Crippen LogP contribution in [0.2, 0.25) is 5.02 Å². The highest BCUT2D eigenvalue weighted by Crippen LogP contribution is 2.24. The summed E-state index contributed by atoms with van der Waals surface area (Å²) in [7, 11) is 0. The minimum Gasteiger partial charge on any atom is -0.321 e. The number of nitrogens with one attached hydrogen (secondary N) is 1. The van der Waals surface area contributed by atoms with E-state index in [9.17, 15) is 9.18 Å². The largest absolute Gasteiger partial charge is 0.321 e. The molecule has 0 fully saturated rings. The maximum atomic E-state index is 13.4. The van der Waals surface area contributed by atoms with Gasteiger partial charge in [0.1, 0.15) is 17.4 Å². The fourth-order valence-corrected chi connectivity index (χ4v) is 2.07. The lowest BCUT2D eigenvalue weighted by atomic mass is 10.1. The molecule has 2 aromatic carbocycles. The van der Waals surface area contributed by atoms with E-state index in [-0.39, 0.29) is 11.3 Å². The summed E-state index contributed by atoms with van der Waals surface area (Å²) in [5.74, 6) is -1.13. The topological polar surface area (TPSA) is 52.9 Å². The number of amides is 1. The highest BCUT2D eigenvalue weighted by molar-refractivity contribution is 9.10. The number of rotatable bonds is 2. The third-order valence-corrected chi connectivity index (χ3v) is 3.77. The van der Waals surface area contributed by atoms with Gasteiger partial charge in [0.15, 0.2) is 0 Å². The lowest BCUT2D eigenvalue weighted by Crippen LogP contribution is -2.13. The molecule has 0 bridgehead atoms. The van der Waals surface area contributed by atoms with Crippen molar-refractivity contribution in [2.24, 2.45) is 0 Å². The molecule has 1 N–H and O–H groups in total. The normalized spacial score (nSPS) is 9.90. The molecule has 0 spiro atoms. The number of hydrogen-bond acceptors (Lipinski definition) is 2. The fourth-order valence-electron chi connectivity index (χ4n) is 1.57. The summed E-state index contributed by atoms with van der Waals surface area (Å²) in [4.78, 5) is 12.1. The van der Waals surface area contributed by atoms with Crippen LogP contribution in [0.5, 0.6) is 0 Å². The van der Waals surface area contributed by atoms with Crippen molar-refractivity contribution >= 4 is 39.1 Å². The molecule has 0 atom stereocenters. The maximum Gasteiger partial charge on any atom is 0.255 e. The van der Waals surface area contributed by atoms with Gasteiger partial charge in [-0.3, -0.25) is 4.79 Å². The first-order chi connectivity index (χ1) is 9.52. The molecule has 0 saturated carbocycles. The lowest BCUT2D eigenvalue weighted by Gasteiger charge is -2.08. The molecule has 20 heavy (non-hydrogen) atoms. The van der Waals surface area contributed by atoms with Gasteiger partial charge in [0, 0.05) is 10.0 Å². The molecule has 0 unspecified atom stereocenters. The monoisotopic (exact) mass is 352 g/mol. The molecule has 0 aromatic heterocycles. The molecule has 100 valence electrons. The van der Waals surface area contributed by atoms with E-state index in [1.807, 2.05) is 0 Å². The Bertz CT molecular complexity index is 728. The molecular formula is C14H7BrClFN2O. The predicted molar refractivity (Wildman–Crippen MR) is 78.2 cm³/mol. The number of halogens is 3. The van der Waals surface area contributed by atoms with Crippen molar-refractivity contribution in [1.29, 1.82) is 5.26 Å². The van der Waals surface area contributed by atoms with Crippen molar-refractivity contribution in [2.45, 2.75) is 0 Å². The van der Waals surface area contributed by atoms with Crippen molar-refractivity contribution in [3.8, 4) is 6.07 Å². The molecule has 0 radical (unpaired) electrons. The fraction of sp³-hybridized carbons (Fsp3) is 0. The van der Waals surface area contributed by atoms with Crippen LogP contribution in [0, 0.1) is 17.1 Å². The third kappa shape index (κ3) is 2.98. The first-order valence-electron chi connectivity index (χ1n) is 5.48. The standard InChI is InChI=1S/C14H7BrClFN2O/c15-10-6-8(4-5-11(10)16)14(20)19-13-3-1-2-12(17)9(13)7-18/h1-6H,(H,19,20). The summed E-state index contributed by atoms with van der Waals surface area (Å²) < 4.78 is 14.0. The van der Waals surface area contributed by atoms with E-state index in [1.165, 1.54) is 18.2 Å². The Kier molecular flexibility index (Phi) is 4.38. The minimum atomic E-state index is -0.678. The number of carbonyl (C=O) groups excluding carboxylic acids is 1. The lowest BCUT2D eigenvalue weighted by molar-refractivity contribution is 0.102. The molecule has 0 aliphatic heterocycles. The number of benzene rings is 2. The molecule has 2 aromatic rings. The Morgan fingerprint density at radius 3 is 2.75 bits per heavy atom. The molecule has 6 heteroatoms. The van der Waals surface area contributed by atoms with Gasteiger partial charge in [-0.25, -0.2) is 4.39 Å². The van der Waals surface area contributed by atoms with Crippen molar-refractivity contribution in [3.05, 3.63) is 62.8 Å². The zero-order chi connectivity index (χ0) is 14.7. The average Bonchev–Trinajstić information content (AvgIpc) is 2.42. The molecule has 0 saturated heterocycles. The quantitative estimate of drug-likeness (QED) is 0.872. The minimum absolute atomic E-state index is 0.128. The number of nitrogens with zero attached hydrogens (tertiary/aromatic N) is 1. The van der Waals surface area contributed by atoms with Gasteiger partial charge in [-0.15, -0.1) is 0 Å². The Morgan fingerprint density at radius 2 is 2.10 bits per heavy atom. The van der Waals surface area contributed by atoms with Crippen molar-refractivity contribution < 1.29 is 9.18 Å². The Labute approximate surface area is 128 Å². The van der Waals surface area contributed by atoms with Gasteiger partial charge in [0.25, 0.3) is 5.91 Å². The number of nitriles is 1. The molecule has 1 amide bonds. The zero-order valence-electron chi connectivity index (χ0n) is 9.95. The summed E-state index contributed by atoms with van der Waals surface area (Å²) in [5, 5.41) is 11.9. The van der Waals surface area contributed by atoms with Crippen LogP contribution in [0.15, 0.2) is 40.9 Å². The molecule has 0 heterocycles. The number of hydrogen-bond donors (Lipinski definition) is 1. The summed E-state index contributed by atoms with van der Waals surface area (Å²) >= 11 is 9.06. The second kappa shape index (κ2) is 6.04. The molecule has 2 rings (SSSR count). The molecule has 3 nitrogen and oxygen atoms in total. The van der Waals surface area contributed by atoms with Gasteiger partial charge >= 0.3 is 0 Å². The number of anilines is 1. The summed E-state index contributed by atoms with van der Waals surface area (Å²) in [6.07, 6.45) is 0. The molecule has 0 aliphatic rings. The van der Waals surface area contributed by atoms with Crippen molar-refractivity contribution in [1.82, 2.24) is 0 Å². The zero-order valence-corrected chi connectivity index (χ0v) is 12.3. The van der Waals surface area contributed by atoms with Gasteiger partial charge in [-0.2, -0.15) is 5.26 Å². The van der Waals surface area contributed by atoms with Gasteiger partial charge in [-0.05, 0) is 46.3 Å². The van der Waals surface area contributed by atoms with Gasteiger partial charge in [0.05, 0.1) is 10.7 Å². The third-order valence-electron chi connectivity index (χ3n) is 2.56. The van der Waals surface area contributed by atoms with Crippen LogP contribution < -0.4 is 5.32 Å². The second-order valence-corrected chi connectivity index (χ2v) is 5.12. The maximum absolute atomic E-state index is 13.4. The average molecular weight is 354 g/mol. The Morgan fingerprint density at radius 1 is 1.35 bits per heavy atom. The summed E-state index contributed by atoms with van der Waals surface area (Å²) in [5.41, 5.74) is 0.270. The first kappa shape index (κ1) is 14.5. The van der Waals surface area contributed by atoms with E-state index in [0.29, 0.717) is 15.1 Å². The van der Waals surface area contributed by atoms with E-state index in [0.717, 1.165) is 6.07 Å². The van der Waals surface area contributed by atoms with E-state index >= 15 is 0 Å². The summed E-state index contributed by atoms with van der Waals surface area (Å²) in [6.45, 7) is 0. The van der Waals surface area contributed by atoms with E-state index in [1.54, 1.807) is 18.2 Å². The van der Waals surface area contributed by atoms with Gasteiger partial charge in [0.2, 0.25) is 0 Å². The van der Waals surface area contributed by atoms with Gasteiger partial charge < -0.3 is 5.32 Å². The van der Waals surface area contributed by atoms with Crippen LogP contribution in [-0.2, 0) is 0 Å². The van der Waals surface area contributed by atoms with Gasteiger partial charge in [-0.1, -0.05) is 17.7 Å². The smallest absolute Gasteiger partial charge is 0.255 e. The van der Waals surface area contributed by atoms with E-state index < -0.39 is 11.7 Å². The summed E-state index contributed by atoms with van der Waals surface area (Å²) in [6, 6.07) is 10.4. The molecular weight excluding hydrogens is 347 g/mol. The van der Waals surface area contributed by atoms with Crippen LogP contribution in [0.3, 0.4) is 0 Å². The van der Waals surface area contributed by atoms with E-state index in [2.05, 4.69) is 21.2 Å². The highest BCUT2D eigenvalue weighted by Gasteiger charge is 2.13. The Hall–Kier alpha value is -1.90. The van der Waals surface area contributed by atoms with E-state index in [4.69, 9.17) is 16.9 Å².